The Kier molecular flexibility index (Phi) is 5.96. The summed E-state index contributed by atoms with van der Waals surface area (Å²) in [6.45, 7) is 1.34. The molecule has 2 N–H and O–H groups in total. The first kappa shape index (κ1) is 19.4. The van der Waals surface area contributed by atoms with E-state index in [0.717, 1.165) is 11.6 Å². The van der Waals surface area contributed by atoms with Crippen molar-refractivity contribution in [1.82, 2.24) is 0 Å². The third-order valence-electron chi connectivity index (χ3n) is 4.18. The molecule has 146 valence electrons. The molecule has 0 saturated heterocycles. The summed E-state index contributed by atoms with van der Waals surface area (Å²) in [5.74, 6) is -1.37. The fraction of sp³-hybridized carbons (Fsp3) is 0.238. The minimum absolute atomic E-state index is 0.0264. The van der Waals surface area contributed by atoms with Gasteiger partial charge in [0, 0.05) is 11.6 Å². The molecule has 0 aliphatic heterocycles. The summed E-state index contributed by atoms with van der Waals surface area (Å²) in [5, 5.41) is 19.6. The highest BCUT2D eigenvalue weighted by molar-refractivity contribution is 5.71. The molecule has 1 atom stereocenters. The van der Waals surface area contributed by atoms with E-state index in [1.54, 1.807) is 19.1 Å². The van der Waals surface area contributed by atoms with Gasteiger partial charge in [-0.2, -0.15) is 0 Å². The minimum Gasteiger partial charge on any atom is -0.502 e. The smallest absolute Gasteiger partial charge is 0.306 e. The maximum Gasteiger partial charge on any atom is 0.306 e. The van der Waals surface area contributed by atoms with E-state index >= 15 is 0 Å². The molecule has 2 heterocycles. The number of carbonyl (C=O) groups is 1. The van der Waals surface area contributed by atoms with Gasteiger partial charge >= 0.3 is 5.97 Å². The molecule has 3 rings (SSSR count). The summed E-state index contributed by atoms with van der Waals surface area (Å²) < 4.78 is 16.4. The van der Waals surface area contributed by atoms with Gasteiger partial charge in [-0.25, -0.2) is 0 Å². The van der Waals surface area contributed by atoms with Crippen LogP contribution in [-0.4, -0.2) is 22.8 Å². The lowest BCUT2D eigenvalue weighted by molar-refractivity contribution is -0.143. The number of ether oxygens (including phenoxy) is 1. The predicted molar refractivity (Wildman–Crippen MR) is 99.8 cm³/mol. The molecule has 7 nitrogen and oxygen atoms in total. The summed E-state index contributed by atoms with van der Waals surface area (Å²) in [7, 11) is 0. The third kappa shape index (κ3) is 4.15. The standard InChI is InChI=1S/C21H20O7/c1-2-26-19(24)11-15(21-20(25)16(23)10-14(12-22)27-21)18-9-8-17(28-18)13-6-4-3-5-7-13/h3-10,15,22,25H,2,11-12H2,1H3. The number of aliphatic hydroxyl groups excluding tert-OH is 1. The minimum atomic E-state index is -0.893. The van der Waals surface area contributed by atoms with E-state index in [9.17, 15) is 19.8 Å². The second kappa shape index (κ2) is 8.58. The molecule has 1 unspecified atom stereocenters. The lowest BCUT2D eigenvalue weighted by atomic mass is 9.98. The second-order valence-electron chi connectivity index (χ2n) is 6.08. The van der Waals surface area contributed by atoms with Gasteiger partial charge in [-0.05, 0) is 19.1 Å². The Hall–Kier alpha value is -3.32. The van der Waals surface area contributed by atoms with Crippen LogP contribution in [-0.2, 0) is 16.1 Å². The topological polar surface area (TPSA) is 110 Å². The predicted octanol–water partition coefficient (Wildman–Crippen LogP) is 3.18. The van der Waals surface area contributed by atoms with E-state index in [0.29, 0.717) is 11.5 Å². The third-order valence-corrected chi connectivity index (χ3v) is 4.18. The molecular formula is C21H20O7. The Morgan fingerprint density at radius 2 is 1.89 bits per heavy atom. The summed E-state index contributed by atoms with van der Waals surface area (Å²) >= 11 is 0. The molecule has 0 fully saturated rings. The van der Waals surface area contributed by atoms with Crippen LogP contribution in [0.4, 0.5) is 0 Å². The SMILES string of the molecule is CCOC(=O)CC(c1ccc(-c2ccccc2)o1)c1oc(CO)cc(=O)c1O. The average molecular weight is 384 g/mol. The van der Waals surface area contributed by atoms with Crippen molar-refractivity contribution in [3.8, 4) is 17.1 Å². The lowest BCUT2D eigenvalue weighted by Gasteiger charge is -2.15. The van der Waals surface area contributed by atoms with Crippen LogP contribution in [0.2, 0.25) is 0 Å². The zero-order valence-electron chi connectivity index (χ0n) is 15.3. The number of aliphatic hydroxyl groups is 1. The first-order chi connectivity index (χ1) is 13.5. The molecule has 28 heavy (non-hydrogen) atoms. The van der Waals surface area contributed by atoms with Crippen LogP contribution in [0.25, 0.3) is 11.3 Å². The van der Waals surface area contributed by atoms with Crippen molar-refractivity contribution in [3.05, 3.63) is 76.0 Å². The summed E-state index contributed by atoms with van der Waals surface area (Å²) in [5.41, 5.74) is 0.118. The highest BCUT2D eigenvalue weighted by Crippen LogP contribution is 2.36. The summed E-state index contributed by atoms with van der Waals surface area (Å²) in [4.78, 5) is 24.1. The molecule has 0 bridgehead atoms. The number of carbonyl (C=O) groups excluding carboxylic acids is 1. The van der Waals surface area contributed by atoms with E-state index in [-0.39, 0.29) is 24.5 Å². The quantitative estimate of drug-likeness (QED) is 0.602. The number of hydrogen-bond acceptors (Lipinski definition) is 7. The van der Waals surface area contributed by atoms with E-state index in [1.807, 2.05) is 30.3 Å². The van der Waals surface area contributed by atoms with Crippen LogP contribution < -0.4 is 5.43 Å². The molecule has 2 aromatic heterocycles. The van der Waals surface area contributed by atoms with Crippen LogP contribution in [0.15, 0.2) is 62.2 Å². The highest BCUT2D eigenvalue weighted by atomic mass is 16.5. The van der Waals surface area contributed by atoms with Gasteiger partial charge in [-0.3, -0.25) is 9.59 Å². The van der Waals surface area contributed by atoms with Gasteiger partial charge in [0.1, 0.15) is 23.9 Å². The molecule has 0 aliphatic carbocycles. The van der Waals surface area contributed by atoms with Crippen molar-refractivity contribution in [2.24, 2.45) is 0 Å². The normalized spacial score (nSPS) is 11.9. The molecular weight excluding hydrogens is 364 g/mol. The number of hydrogen-bond donors (Lipinski definition) is 2. The van der Waals surface area contributed by atoms with Crippen molar-refractivity contribution >= 4 is 5.97 Å². The van der Waals surface area contributed by atoms with Gasteiger partial charge in [-0.1, -0.05) is 30.3 Å². The van der Waals surface area contributed by atoms with Gasteiger partial charge in [-0.15, -0.1) is 0 Å². The number of furan rings is 1. The zero-order valence-corrected chi connectivity index (χ0v) is 15.3. The number of rotatable bonds is 7. The van der Waals surface area contributed by atoms with Gasteiger partial charge in [0.25, 0.3) is 0 Å². The van der Waals surface area contributed by atoms with Crippen molar-refractivity contribution in [1.29, 1.82) is 0 Å². The van der Waals surface area contributed by atoms with Crippen molar-refractivity contribution in [2.75, 3.05) is 6.61 Å². The molecule has 0 aliphatic rings. The van der Waals surface area contributed by atoms with Crippen LogP contribution >= 0.6 is 0 Å². The van der Waals surface area contributed by atoms with Crippen LogP contribution in [0, 0.1) is 0 Å². The van der Waals surface area contributed by atoms with E-state index in [4.69, 9.17) is 13.6 Å². The fourth-order valence-electron chi connectivity index (χ4n) is 2.88. The van der Waals surface area contributed by atoms with E-state index in [1.165, 1.54) is 0 Å². The number of aromatic hydroxyl groups is 1. The van der Waals surface area contributed by atoms with E-state index in [2.05, 4.69) is 0 Å². The molecule has 0 spiro atoms. The Bertz CT molecular complexity index is 1000. The monoisotopic (exact) mass is 384 g/mol. The maximum atomic E-state index is 12.1. The highest BCUT2D eigenvalue weighted by Gasteiger charge is 2.29. The Balaban J connectivity index is 2.06. The van der Waals surface area contributed by atoms with Crippen molar-refractivity contribution in [2.45, 2.75) is 25.9 Å². The average Bonchev–Trinajstić information content (AvgIpc) is 3.19. The summed E-state index contributed by atoms with van der Waals surface area (Å²) in [6, 6.07) is 13.7. The van der Waals surface area contributed by atoms with Crippen LogP contribution in [0.3, 0.4) is 0 Å². The Labute approximate surface area is 160 Å². The molecule has 0 amide bonds. The van der Waals surface area contributed by atoms with Gasteiger partial charge in [0.15, 0.2) is 5.76 Å². The number of esters is 1. The number of benzene rings is 1. The van der Waals surface area contributed by atoms with E-state index < -0.39 is 29.7 Å². The maximum absolute atomic E-state index is 12.1. The van der Waals surface area contributed by atoms with Crippen molar-refractivity contribution < 1.29 is 28.6 Å². The molecule has 1 aromatic carbocycles. The first-order valence-corrected chi connectivity index (χ1v) is 8.81. The van der Waals surface area contributed by atoms with Gasteiger partial charge < -0.3 is 23.8 Å². The Morgan fingerprint density at radius 3 is 2.57 bits per heavy atom. The molecule has 3 aromatic rings. The second-order valence-corrected chi connectivity index (χ2v) is 6.08. The lowest BCUT2D eigenvalue weighted by Crippen LogP contribution is -2.14. The fourth-order valence-corrected chi connectivity index (χ4v) is 2.88. The van der Waals surface area contributed by atoms with Crippen LogP contribution in [0.1, 0.15) is 36.5 Å². The van der Waals surface area contributed by atoms with Gasteiger partial charge in [0.2, 0.25) is 11.2 Å². The van der Waals surface area contributed by atoms with Crippen LogP contribution in [0.5, 0.6) is 5.75 Å². The zero-order chi connectivity index (χ0) is 20.1. The molecule has 0 radical (unpaired) electrons. The largest absolute Gasteiger partial charge is 0.502 e. The first-order valence-electron chi connectivity index (χ1n) is 8.81. The summed E-state index contributed by atoms with van der Waals surface area (Å²) in [6.07, 6.45) is -0.207. The molecule has 0 saturated carbocycles. The molecule has 7 heteroatoms. The van der Waals surface area contributed by atoms with Gasteiger partial charge in [0.05, 0.1) is 18.9 Å². The Morgan fingerprint density at radius 1 is 1.14 bits per heavy atom. The van der Waals surface area contributed by atoms with Crippen molar-refractivity contribution in [3.63, 3.8) is 0 Å².